The highest BCUT2D eigenvalue weighted by molar-refractivity contribution is 5.98. The van der Waals surface area contributed by atoms with Gasteiger partial charge < -0.3 is 14.4 Å². The molecule has 1 fully saturated rings. The summed E-state index contributed by atoms with van der Waals surface area (Å²) in [6, 6.07) is 16.4. The predicted molar refractivity (Wildman–Crippen MR) is 134 cm³/mol. The quantitative estimate of drug-likeness (QED) is 0.561. The number of aromatic nitrogens is 2. The lowest BCUT2D eigenvalue weighted by Crippen LogP contribution is -2.46. The molecule has 2 aliphatic heterocycles. The second-order valence-corrected chi connectivity index (χ2v) is 9.34. The number of benzene rings is 2. The Bertz CT molecular complexity index is 1250. The summed E-state index contributed by atoms with van der Waals surface area (Å²) in [6.07, 6.45) is 7.26. The van der Waals surface area contributed by atoms with E-state index in [1.807, 2.05) is 24.3 Å². The van der Waals surface area contributed by atoms with Crippen molar-refractivity contribution < 1.29 is 14.3 Å². The van der Waals surface area contributed by atoms with Crippen molar-refractivity contribution in [1.82, 2.24) is 14.9 Å². The summed E-state index contributed by atoms with van der Waals surface area (Å²) < 4.78 is 10.9. The number of hydrogen-bond donors (Lipinski definition) is 0. The summed E-state index contributed by atoms with van der Waals surface area (Å²) in [7, 11) is 0. The van der Waals surface area contributed by atoms with Crippen molar-refractivity contribution in [3.63, 3.8) is 0 Å². The van der Waals surface area contributed by atoms with Gasteiger partial charge in [-0.2, -0.15) is 0 Å². The fraction of sp³-hybridized carbons (Fsp3) is 0.321. The topological polar surface area (TPSA) is 67.8 Å². The molecule has 1 saturated heterocycles. The number of ketones is 1. The van der Waals surface area contributed by atoms with E-state index in [0.717, 1.165) is 67.8 Å². The van der Waals surface area contributed by atoms with Crippen molar-refractivity contribution in [3.8, 4) is 11.5 Å². The van der Waals surface area contributed by atoms with Crippen LogP contribution in [0.4, 0.5) is 5.95 Å². The maximum atomic E-state index is 12.7. The Morgan fingerprint density at radius 2 is 1.80 bits per heavy atom. The number of hydrogen-bond acceptors (Lipinski definition) is 7. The van der Waals surface area contributed by atoms with Gasteiger partial charge in [0.1, 0.15) is 0 Å². The first-order valence-corrected chi connectivity index (χ1v) is 12.2. The van der Waals surface area contributed by atoms with Crippen molar-refractivity contribution in [3.05, 3.63) is 83.2 Å². The van der Waals surface area contributed by atoms with Crippen LogP contribution in [-0.4, -0.2) is 53.6 Å². The number of Topliss-reactive ketones (excluding diaryl/α,β-unsaturated/α-hetero) is 1. The Hall–Kier alpha value is -3.71. The molecular formula is C28H28N4O3. The molecule has 0 spiro atoms. The fourth-order valence-corrected chi connectivity index (χ4v) is 4.97. The number of carbonyl (C=O) groups excluding carboxylic acids is 1. The number of piperazine rings is 1. The Balaban J connectivity index is 1.09. The third kappa shape index (κ3) is 4.77. The lowest BCUT2D eigenvalue weighted by molar-refractivity contribution is 0.0957. The van der Waals surface area contributed by atoms with Gasteiger partial charge in [0.25, 0.3) is 0 Å². The summed E-state index contributed by atoms with van der Waals surface area (Å²) in [5, 5.41) is 0. The van der Waals surface area contributed by atoms with Gasteiger partial charge >= 0.3 is 0 Å². The summed E-state index contributed by atoms with van der Waals surface area (Å²) >= 11 is 0. The van der Waals surface area contributed by atoms with Gasteiger partial charge in [-0.3, -0.25) is 9.69 Å². The van der Waals surface area contributed by atoms with Gasteiger partial charge in [0, 0.05) is 45.3 Å². The van der Waals surface area contributed by atoms with E-state index in [2.05, 4.69) is 51.2 Å². The average molecular weight is 469 g/mol. The second kappa shape index (κ2) is 9.50. The van der Waals surface area contributed by atoms with Crippen LogP contribution in [0.15, 0.2) is 60.8 Å². The zero-order valence-electron chi connectivity index (χ0n) is 19.6. The molecule has 1 atom stereocenters. The minimum Gasteiger partial charge on any atom is -0.454 e. The van der Waals surface area contributed by atoms with Crippen LogP contribution in [0, 0.1) is 5.92 Å². The molecule has 2 aromatic carbocycles. The van der Waals surface area contributed by atoms with Gasteiger partial charge in [0.2, 0.25) is 12.7 Å². The first kappa shape index (κ1) is 21.8. The summed E-state index contributed by atoms with van der Waals surface area (Å²) in [4.78, 5) is 26.8. The molecule has 0 unspecified atom stereocenters. The molecule has 0 amide bonds. The number of anilines is 1. The van der Waals surface area contributed by atoms with E-state index < -0.39 is 0 Å². The molecule has 0 N–H and O–H groups in total. The van der Waals surface area contributed by atoms with Crippen LogP contribution in [0.2, 0.25) is 0 Å². The molecule has 3 aliphatic rings. The molecule has 0 saturated carbocycles. The molecule has 6 rings (SSSR count). The van der Waals surface area contributed by atoms with Crippen molar-refractivity contribution in [1.29, 1.82) is 0 Å². The molecule has 0 bridgehead atoms. The second-order valence-electron chi connectivity index (χ2n) is 9.34. The van der Waals surface area contributed by atoms with Crippen LogP contribution < -0.4 is 14.4 Å². The molecular weight excluding hydrogens is 440 g/mol. The minimum absolute atomic E-state index is 0.133. The van der Waals surface area contributed by atoms with Crippen molar-refractivity contribution >= 4 is 17.8 Å². The Morgan fingerprint density at radius 3 is 2.66 bits per heavy atom. The molecule has 1 aromatic heterocycles. The standard InChI is InChI=1S/C28H28N4O3/c33-25-15-21(7-6-20-4-2-1-3-5-20)14-24-23(25)17-29-28(30-24)32-12-10-31(11-13-32)18-22-8-9-26-27(16-22)35-19-34-26/h1-9,16-17,21H,10-15,18-19H2/b7-6+/t21-/m1/s1. The number of fused-ring (bicyclic) bond motifs is 2. The average Bonchev–Trinajstić information content (AvgIpc) is 3.36. The Morgan fingerprint density at radius 1 is 0.971 bits per heavy atom. The van der Waals surface area contributed by atoms with Gasteiger partial charge in [-0.1, -0.05) is 48.6 Å². The van der Waals surface area contributed by atoms with Gasteiger partial charge in [-0.15, -0.1) is 0 Å². The highest BCUT2D eigenvalue weighted by Gasteiger charge is 2.27. The lowest BCUT2D eigenvalue weighted by atomic mass is 9.86. The van der Waals surface area contributed by atoms with E-state index >= 15 is 0 Å². The molecule has 35 heavy (non-hydrogen) atoms. The Labute approximate surface area is 205 Å². The lowest BCUT2D eigenvalue weighted by Gasteiger charge is -2.35. The number of rotatable bonds is 5. The van der Waals surface area contributed by atoms with Crippen LogP contribution in [0.3, 0.4) is 0 Å². The SMILES string of the molecule is O=C1C[C@H](/C=C/c2ccccc2)Cc2nc(N3CCN(Cc4ccc5c(c4)OCO5)CC3)ncc21. The largest absolute Gasteiger partial charge is 0.454 e. The summed E-state index contributed by atoms with van der Waals surface area (Å²) in [5.41, 5.74) is 3.92. The van der Waals surface area contributed by atoms with Crippen LogP contribution in [0.25, 0.3) is 6.08 Å². The summed E-state index contributed by atoms with van der Waals surface area (Å²) in [5.74, 6) is 2.67. The molecule has 1 aliphatic carbocycles. The third-order valence-electron chi connectivity index (χ3n) is 6.92. The van der Waals surface area contributed by atoms with E-state index in [1.165, 1.54) is 5.56 Å². The van der Waals surface area contributed by atoms with Gasteiger partial charge in [-0.05, 0) is 35.6 Å². The highest BCUT2D eigenvalue weighted by atomic mass is 16.7. The Kier molecular flexibility index (Phi) is 5.92. The highest BCUT2D eigenvalue weighted by Crippen LogP contribution is 2.33. The number of allylic oxidation sites excluding steroid dienone is 1. The van der Waals surface area contributed by atoms with Crippen LogP contribution >= 0.6 is 0 Å². The van der Waals surface area contributed by atoms with Gasteiger partial charge in [0.15, 0.2) is 17.3 Å². The van der Waals surface area contributed by atoms with E-state index in [0.29, 0.717) is 18.8 Å². The molecule has 3 heterocycles. The molecule has 178 valence electrons. The predicted octanol–water partition coefficient (Wildman–Crippen LogP) is 3.99. The smallest absolute Gasteiger partial charge is 0.231 e. The molecule has 7 nitrogen and oxygen atoms in total. The fourth-order valence-electron chi connectivity index (χ4n) is 4.97. The van der Waals surface area contributed by atoms with E-state index in [1.54, 1.807) is 6.20 Å². The maximum Gasteiger partial charge on any atom is 0.231 e. The van der Waals surface area contributed by atoms with Gasteiger partial charge in [0.05, 0.1) is 11.3 Å². The first-order chi connectivity index (χ1) is 17.2. The third-order valence-corrected chi connectivity index (χ3v) is 6.92. The number of nitrogens with zero attached hydrogens (tertiary/aromatic N) is 4. The normalized spacial score (nSPS) is 19.8. The minimum atomic E-state index is 0.133. The number of carbonyl (C=O) groups is 1. The van der Waals surface area contributed by atoms with Crippen molar-refractivity contribution in [2.24, 2.45) is 5.92 Å². The maximum absolute atomic E-state index is 12.7. The van der Waals surface area contributed by atoms with E-state index in [-0.39, 0.29) is 11.7 Å². The number of ether oxygens (including phenoxy) is 2. The van der Waals surface area contributed by atoms with Crippen LogP contribution in [-0.2, 0) is 13.0 Å². The van der Waals surface area contributed by atoms with E-state index in [4.69, 9.17) is 14.5 Å². The molecule has 7 heteroatoms. The van der Waals surface area contributed by atoms with Crippen molar-refractivity contribution in [2.75, 3.05) is 37.9 Å². The molecule has 3 aromatic rings. The zero-order chi connectivity index (χ0) is 23.6. The van der Waals surface area contributed by atoms with Gasteiger partial charge in [-0.25, -0.2) is 9.97 Å². The molecule has 0 radical (unpaired) electrons. The first-order valence-electron chi connectivity index (χ1n) is 12.2. The summed E-state index contributed by atoms with van der Waals surface area (Å²) in [6.45, 7) is 4.74. The monoisotopic (exact) mass is 468 g/mol. The van der Waals surface area contributed by atoms with Crippen LogP contribution in [0.5, 0.6) is 11.5 Å². The van der Waals surface area contributed by atoms with Crippen molar-refractivity contribution in [2.45, 2.75) is 19.4 Å². The van der Waals surface area contributed by atoms with Crippen LogP contribution in [0.1, 0.15) is 33.6 Å². The zero-order valence-corrected chi connectivity index (χ0v) is 19.6. The van der Waals surface area contributed by atoms with E-state index in [9.17, 15) is 4.79 Å².